The van der Waals surface area contributed by atoms with Gasteiger partial charge >= 0.3 is 0 Å². The molecule has 0 saturated heterocycles. The number of carbonyl (C=O) groups excluding carboxylic acids is 1. The lowest BCUT2D eigenvalue weighted by molar-refractivity contribution is -0.118. The molecule has 10 heteroatoms. The fourth-order valence-corrected chi connectivity index (χ4v) is 4.15. The maximum atomic E-state index is 12.7. The quantitative estimate of drug-likeness (QED) is 0.418. The number of aromatic nitrogens is 2. The summed E-state index contributed by atoms with van der Waals surface area (Å²) in [6, 6.07) is 8.07. The molecule has 3 atom stereocenters. The summed E-state index contributed by atoms with van der Waals surface area (Å²) in [5, 5.41) is 14.1. The van der Waals surface area contributed by atoms with Crippen molar-refractivity contribution in [2.45, 2.75) is 51.5 Å². The zero-order valence-corrected chi connectivity index (χ0v) is 23.4. The van der Waals surface area contributed by atoms with Crippen LogP contribution in [0, 0.1) is 0 Å². The summed E-state index contributed by atoms with van der Waals surface area (Å²) in [4.78, 5) is 33.6. The molecule has 1 aromatic heterocycles. The van der Waals surface area contributed by atoms with Crippen molar-refractivity contribution in [1.82, 2.24) is 15.3 Å². The number of allylic oxidation sites excluding steroid dienone is 1. The average Bonchev–Trinajstić information content (AvgIpc) is 2.99. The molecule has 1 aliphatic heterocycles. The van der Waals surface area contributed by atoms with E-state index in [2.05, 4.69) is 62.6 Å². The number of ether oxygens (including phenoxy) is 2. The van der Waals surface area contributed by atoms with Gasteiger partial charge in [-0.3, -0.25) is 9.79 Å². The standard InChI is InChI=1S/C30H36N6O4/c1-7-9-24(29(38)31-4)26-20(3)27(36-18-35-26)32-13-12-19(2)22-11-8-10-21(14-22)16-33-28(37)23-15-25(39-5)30(40-6)34-17-23/h7-11,13-14,17-19,25,29,38H,3-4,12,15-16H2,1-2,5-6H3,(H,33,37). The normalized spacial score (nSPS) is 17.7. The number of nitrogens with one attached hydrogen (secondary N) is 1. The molecule has 1 aliphatic rings. The number of benzene rings is 1. The minimum absolute atomic E-state index is 0.163. The molecule has 0 saturated carbocycles. The van der Waals surface area contributed by atoms with Gasteiger partial charge in [0, 0.05) is 48.9 Å². The van der Waals surface area contributed by atoms with Crippen LogP contribution in [-0.4, -0.2) is 66.4 Å². The predicted octanol–water partition coefficient (Wildman–Crippen LogP) is 2.49. The largest absolute Gasteiger partial charge is 0.482 e. The highest BCUT2D eigenvalue weighted by Crippen LogP contribution is 2.20. The van der Waals surface area contributed by atoms with E-state index in [1.54, 1.807) is 25.5 Å². The minimum Gasteiger partial charge on any atom is -0.482 e. The number of amides is 1. The van der Waals surface area contributed by atoms with E-state index in [4.69, 9.17) is 9.47 Å². The third-order valence-corrected chi connectivity index (χ3v) is 6.45. The fraction of sp³-hybridized carbons (Fsp3) is 0.333. The van der Waals surface area contributed by atoms with Crippen LogP contribution in [0.5, 0.6) is 0 Å². The van der Waals surface area contributed by atoms with E-state index >= 15 is 0 Å². The van der Waals surface area contributed by atoms with Crippen molar-refractivity contribution in [2.24, 2.45) is 15.0 Å². The van der Waals surface area contributed by atoms with Gasteiger partial charge in [0.1, 0.15) is 12.4 Å². The van der Waals surface area contributed by atoms with Gasteiger partial charge in [0.2, 0.25) is 11.8 Å². The number of hydrogen-bond donors (Lipinski definition) is 2. The SMILES string of the molecule is C=NC(O)C(C=CC)=c1ncnc(N=CCC(C)c2cccc(CNC(=O)C3=CN=C(OC)C(OC)C3)c2)c1=C. The van der Waals surface area contributed by atoms with E-state index in [0.717, 1.165) is 11.1 Å². The highest BCUT2D eigenvalue weighted by atomic mass is 16.5. The molecule has 3 unspecified atom stereocenters. The van der Waals surface area contributed by atoms with Crippen molar-refractivity contribution in [3.8, 4) is 0 Å². The minimum atomic E-state index is -1.13. The van der Waals surface area contributed by atoms with E-state index in [1.807, 2.05) is 19.1 Å². The van der Waals surface area contributed by atoms with Crippen molar-refractivity contribution in [2.75, 3.05) is 14.2 Å². The molecule has 0 spiro atoms. The number of aliphatic imine (C=N–C) groups is 3. The van der Waals surface area contributed by atoms with E-state index in [9.17, 15) is 9.90 Å². The number of hydrogen-bond acceptors (Lipinski definition) is 9. The average molecular weight is 545 g/mol. The summed E-state index contributed by atoms with van der Waals surface area (Å²) in [5.74, 6) is 0.847. The predicted molar refractivity (Wildman–Crippen MR) is 158 cm³/mol. The van der Waals surface area contributed by atoms with Crippen LogP contribution in [0.25, 0.3) is 12.2 Å². The fourth-order valence-electron chi connectivity index (χ4n) is 4.15. The van der Waals surface area contributed by atoms with Crippen molar-refractivity contribution in [3.05, 3.63) is 76.2 Å². The molecule has 2 heterocycles. The van der Waals surface area contributed by atoms with Gasteiger partial charge in [-0.25, -0.2) is 20.0 Å². The van der Waals surface area contributed by atoms with Crippen molar-refractivity contribution < 1.29 is 19.4 Å². The molecule has 2 aromatic rings. The molecule has 0 aliphatic carbocycles. The Hall–Kier alpha value is -4.28. The van der Waals surface area contributed by atoms with Gasteiger partial charge in [0.15, 0.2) is 12.0 Å². The lowest BCUT2D eigenvalue weighted by Gasteiger charge is -2.21. The van der Waals surface area contributed by atoms with Crippen LogP contribution in [0.1, 0.15) is 43.7 Å². The summed E-state index contributed by atoms with van der Waals surface area (Å²) in [7, 11) is 3.09. The topological polar surface area (TPSA) is 131 Å². The van der Waals surface area contributed by atoms with E-state index in [0.29, 0.717) is 52.8 Å². The lowest BCUT2D eigenvalue weighted by Crippen LogP contribution is -2.33. The van der Waals surface area contributed by atoms with Crippen molar-refractivity contribution >= 4 is 42.7 Å². The molecule has 40 heavy (non-hydrogen) atoms. The zero-order valence-electron chi connectivity index (χ0n) is 23.4. The van der Waals surface area contributed by atoms with Crippen LogP contribution in [0.2, 0.25) is 0 Å². The van der Waals surface area contributed by atoms with Gasteiger partial charge in [-0.05, 0) is 37.1 Å². The molecule has 3 rings (SSSR count). The zero-order chi connectivity index (χ0) is 29.1. The van der Waals surface area contributed by atoms with Crippen LogP contribution in [-0.2, 0) is 20.8 Å². The summed E-state index contributed by atoms with van der Waals surface area (Å²) in [5.41, 5.74) is 3.12. The Labute approximate surface area is 234 Å². The Morgan fingerprint density at radius 3 is 2.83 bits per heavy atom. The lowest BCUT2D eigenvalue weighted by atomic mass is 9.96. The molecule has 0 radical (unpaired) electrons. The van der Waals surface area contributed by atoms with Gasteiger partial charge in [0.25, 0.3) is 0 Å². The number of aliphatic hydroxyl groups excluding tert-OH is 1. The van der Waals surface area contributed by atoms with Gasteiger partial charge in [-0.2, -0.15) is 0 Å². The summed E-state index contributed by atoms with van der Waals surface area (Å²) in [6.07, 6.45) is 7.76. The Bertz CT molecular complexity index is 1450. The maximum absolute atomic E-state index is 12.7. The first-order valence-corrected chi connectivity index (χ1v) is 12.9. The third kappa shape index (κ3) is 7.64. The molecule has 0 bridgehead atoms. The van der Waals surface area contributed by atoms with Gasteiger partial charge in [-0.15, -0.1) is 0 Å². The number of carbonyl (C=O) groups is 1. The number of methoxy groups -OCH3 is 2. The second kappa shape index (κ2) is 14.8. The van der Waals surface area contributed by atoms with Crippen LogP contribution >= 0.6 is 0 Å². The Kier molecular flexibility index (Phi) is 11.2. The first-order chi connectivity index (χ1) is 19.3. The molecule has 0 fully saturated rings. The second-order valence-corrected chi connectivity index (χ2v) is 9.17. The Balaban J connectivity index is 1.67. The van der Waals surface area contributed by atoms with Crippen molar-refractivity contribution in [3.63, 3.8) is 0 Å². The first kappa shape index (κ1) is 30.3. The van der Waals surface area contributed by atoms with E-state index < -0.39 is 6.23 Å². The molecule has 2 N–H and O–H groups in total. The summed E-state index contributed by atoms with van der Waals surface area (Å²) in [6.45, 7) is 11.8. The first-order valence-electron chi connectivity index (χ1n) is 12.9. The van der Waals surface area contributed by atoms with Crippen LogP contribution < -0.4 is 15.9 Å². The maximum Gasteiger partial charge on any atom is 0.249 e. The smallest absolute Gasteiger partial charge is 0.249 e. The van der Waals surface area contributed by atoms with Crippen molar-refractivity contribution in [1.29, 1.82) is 0 Å². The van der Waals surface area contributed by atoms with Gasteiger partial charge < -0.3 is 19.9 Å². The van der Waals surface area contributed by atoms with Gasteiger partial charge in [0.05, 0.1) is 12.5 Å². The highest BCUT2D eigenvalue weighted by Gasteiger charge is 2.25. The van der Waals surface area contributed by atoms with Gasteiger partial charge in [-0.1, -0.05) is 49.9 Å². The monoisotopic (exact) mass is 544 g/mol. The molecule has 1 amide bonds. The highest BCUT2D eigenvalue weighted by molar-refractivity contribution is 5.96. The van der Waals surface area contributed by atoms with E-state index in [1.165, 1.54) is 19.6 Å². The number of aliphatic hydroxyl groups is 1. The van der Waals surface area contributed by atoms with Crippen LogP contribution in [0.3, 0.4) is 0 Å². The third-order valence-electron chi connectivity index (χ3n) is 6.45. The summed E-state index contributed by atoms with van der Waals surface area (Å²) < 4.78 is 10.6. The molecular weight excluding hydrogens is 508 g/mol. The van der Waals surface area contributed by atoms with Crippen LogP contribution in [0.15, 0.2) is 69.5 Å². The molecular formula is C30H36N6O4. The molecule has 1 aromatic carbocycles. The molecule has 210 valence electrons. The number of nitrogens with zero attached hydrogens (tertiary/aromatic N) is 5. The van der Waals surface area contributed by atoms with Crippen LogP contribution in [0.4, 0.5) is 5.82 Å². The second-order valence-electron chi connectivity index (χ2n) is 9.17. The van der Waals surface area contributed by atoms with E-state index in [-0.39, 0.29) is 17.9 Å². The Morgan fingerprint density at radius 2 is 2.12 bits per heavy atom. The summed E-state index contributed by atoms with van der Waals surface area (Å²) >= 11 is 0. The molecule has 10 nitrogen and oxygen atoms in total. The number of rotatable bonds is 11. The Morgan fingerprint density at radius 1 is 1.32 bits per heavy atom.